The van der Waals surface area contributed by atoms with Gasteiger partial charge in [0.2, 0.25) is 0 Å². The first-order valence-corrected chi connectivity index (χ1v) is 6.43. The Balaban J connectivity index is 1.95. The van der Waals surface area contributed by atoms with Crippen molar-refractivity contribution in [1.29, 1.82) is 0 Å². The molecule has 0 unspecified atom stereocenters. The molecule has 1 saturated carbocycles. The maximum absolute atomic E-state index is 11.9. The second-order valence-corrected chi connectivity index (χ2v) is 4.71. The van der Waals surface area contributed by atoms with Crippen LogP contribution in [0, 0.1) is 0 Å². The molecule has 2 rings (SSSR count). The van der Waals surface area contributed by atoms with Gasteiger partial charge in [0.15, 0.2) is 0 Å². The van der Waals surface area contributed by atoms with Crippen molar-refractivity contribution in [3.63, 3.8) is 0 Å². The number of para-hydroxylation sites is 1. The van der Waals surface area contributed by atoms with E-state index in [4.69, 9.17) is 4.74 Å². The summed E-state index contributed by atoms with van der Waals surface area (Å²) in [6.07, 6.45) is 6.51. The highest BCUT2D eigenvalue weighted by atomic mass is 16.6. The van der Waals surface area contributed by atoms with Gasteiger partial charge in [0, 0.05) is 5.69 Å². The third-order valence-corrected chi connectivity index (χ3v) is 3.39. The van der Waals surface area contributed by atoms with Crippen LogP contribution in [-0.4, -0.2) is 11.7 Å². The molecule has 3 heteroatoms. The molecule has 0 radical (unpaired) electrons. The topological polar surface area (TPSA) is 38.3 Å². The molecular weight excluding hydrogens is 226 g/mol. The molecule has 1 aliphatic rings. The normalized spacial score (nSPS) is 17.8. The average Bonchev–Trinajstić information content (AvgIpc) is 2.41. The molecule has 3 nitrogen and oxygen atoms in total. The van der Waals surface area contributed by atoms with Crippen molar-refractivity contribution in [3.05, 3.63) is 43.0 Å². The Morgan fingerprint density at radius 1 is 1.22 bits per heavy atom. The maximum atomic E-state index is 11.9. The monoisotopic (exact) mass is 245 g/mol. The van der Waals surface area contributed by atoms with Crippen molar-refractivity contribution < 1.29 is 9.53 Å². The fourth-order valence-electron chi connectivity index (χ4n) is 2.35. The fraction of sp³-hybridized carbons (Fsp3) is 0.400. The zero-order valence-electron chi connectivity index (χ0n) is 10.5. The van der Waals surface area contributed by atoms with Gasteiger partial charge in [-0.15, -0.1) is 0 Å². The quantitative estimate of drug-likeness (QED) is 0.813. The smallest absolute Gasteiger partial charge is 0.412 e. The Bertz CT molecular complexity index is 408. The van der Waals surface area contributed by atoms with Crippen molar-refractivity contribution in [3.8, 4) is 0 Å². The Morgan fingerprint density at radius 3 is 2.50 bits per heavy atom. The third kappa shape index (κ3) is 3.13. The molecule has 1 aromatic rings. The molecule has 18 heavy (non-hydrogen) atoms. The molecule has 0 atom stereocenters. The summed E-state index contributed by atoms with van der Waals surface area (Å²) in [5, 5.41) is 2.74. The number of nitrogens with one attached hydrogen (secondary N) is 1. The van der Waals surface area contributed by atoms with Crippen molar-refractivity contribution in [2.24, 2.45) is 0 Å². The zero-order valence-corrected chi connectivity index (χ0v) is 10.5. The number of anilines is 1. The predicted octanol–water partition coefficient (Wildman–Crippen LogP) is 4.12. The van der Waals surface area contributed by atoms with E-state index in [0.717, 1.165) is 31.4 Å². The lowest BCUT2D eigenvalue weighted by Gasteiger charge is -2.33. The lowest BCUT2D eigenvalue weighted by Crippen LogP contribution is -2.36. The number of hydrogen-bond acceptors (Lipinski definition) is 2. The molecule has 1 amide bonds. The van der Waals surface area contributed by atoms with Gasteiger partial charge in [-0.25, -0.2) is 4.79 Å². The van der Waals surface area contributed by atoms with Crippen LogP contribution in [0.25, 0.3) is 0 Å². The van der Waals surface area contributed by atoms with Crippen molar-refractivity contribution in [2.45, 2.75) is 37.7 Å². The lowest BCUT2D eigenvalue weighted by atomic mass is 9.85. The zero-order chi connectivity index (χ0) is 12.8. The number of amides is 1. The fourth-order valence-corrected chi connectivity index (χ4v) is 2.35. The molecule has 1 N–H and O–H groups in total. The summed E-state index contributed by atoms with van der Waals surface area (Å²) in [6, 6.07) is 9.33. The Hall–Kier alpha value is -1.77. The van der Waals surface area contributed by atoms with Crippen LogP contribution in [0.2, 0.25) is 0 Å². The minimum atomic E-state index is -0.475. The number of rotatable bonds is 3. The van der Waals surface area contributed by atoms with Crippen LogP contribution in [0.1, 0.15) is 32.1 Å². The minimum absolute atomic E-state index is 0.400. The lowest BCUT2D eigenvalue weighted by molar-refractivity contribution is 0.0291. The van der Waals surface area contributed by atoms with Crippen LogP contribution in [-0.2, 0) is 4.74 Å². The van der Waals surface area contributed by atoms with E-state index in [1.165, 1.54) is 6.42 Å². The van der Waals surface area contributed by atoms with Crippen LogP contribution >= 0.6 is 0 Å². The number of carbonyl (C=O) groups is 1. The Labute approximate surface area is 108 Å². The molecule has 0 saturated heterocycles. The molecule has 0 aromatic heterocycles. The highest BCUT2D eigenvalue weighted by Crippen LogP contribution is 2.32. The van der Waals surface area contributed by atoms with Gasteiger partial charge in [-0.2, -0.15) is 0 Å². The summed E-state index contributed by atoms with van der Waals surface area (Å²) in [4.78, 5) is 11.9. The maximum Gasteiger partial charge on any atom is 0.412 e. The van der Waals surface area contributed by atoms with E-state index in [0.29, 0.717) is 0 Å². The summed E-state index contributed by atoms with van der Waals surface area (Å²) in [7, 11) is 0. The first kappa shape index (κ1) is 12.7. The van der Waals surface area contributed by atoms with E-state index in [2.05, 4.69) is 11.9 Å². The molecule has 0 heterocycles. The first-order valence-electron chi connectivity index (χ1n) is 6.43. The van der Waals surface area contributed by atoms with Crippen LogP contribution in [0.5, 0.6) is 0 Å². The predicted molar refractivity (Wildman–Crippen MR) is 72.6 cm³/mol. The molecule has 1 aromatic carbocycles. The summed E-state index contributed by atoms with van der Waals surface area (Å²) in [5.74, 6) is 0. The Morgan fingerprint density at radius 2 is 1.89 bits per heavy atom. The molecule has 0 spiro atoms. The molecule has 96 valence electrons. The van der Waals surface area contributed by atoms with Gasteiger partial charge in [0.1, 0.15) is 5.60 Å². The van der Waals surface area contributed by atoms with Gasteiger partial charge in [0.05, 0.1) is 0 Å². The Kier molecular flexibility index (Phi) is 4.03. The standard InChI is InChI=1S/C15H19NO2/c1-2-15(11-7-4-8-12-15)18-14(17)16-13-9-5-3-6-10-13/h2-3,5-6,9-10H,1,4,7-8,11-12H2,(H,16,17). The number of hydrogen-bond donors (Lipinski definition) is 1. The minimum Gasteiger partial charge on any atom is -0.438 e. The molecule has 0 aliphatic heterocycles. The van der Waals surface area contributed by atoms with Gasteiger partial charge < -0.3 is 4.74 Å². The largest absolute Gasteiger partial charge is 0.438 e. The van der Waals surface area contributed by atoms with E-state index in [9.17, 15) is 4.79 Å². The van der Waals surface area contributed by atoms with Crippen LogP contribution in [0.3, 0.4) is 0 Å². The summed E-state index contributed by atoms with van der Waals surface area (Å²) < 4.78 is 5.56. The van der Waals surface area contributed by atoms with E-state index in [1.54, 1.807) is 6.08 Å². The molecule has 1 aliphatic carbocycles. The van der Waals surface area contributed by atoms with Crippen LogP contribution in [0.4, 0.5) is 10.5 Å². The molecule has 1 fully saturated rings. The van der Waals surface area contributed by atoms with E-state index < -0.39 is 11.7 Å². The SMILES string of the molecule is C=CC1(OC(=O)Nc2ccccc2)CCCCC1. The van der Waals surface area contributed by atoms with Crippen molar-refractivity contribution in [2.75, 3.05) is 5.32 Å². The van der Waals surface area contributed by atoms with Gasteiger partial charge in [-0.3, -0.25) is 5.32 Å². The summed E-state index contributed by atoms with van der Waals surface area (Å²) in [5.41, 5.74) is 0.273. The van der Waals surface area contributed by atoms with Crippen LogP contribution in [0.15, 0.2) is 43.0 Å². The van der Waals surface area contributed by atoms with Crippen molar-refractivity contribution >= 4 is 11.8 Å². The second kappa shape index (κ2) is 5.71. The van der Waals surface area contributed by atoms with E-state index in [-0.39, 0.29) is 0 Å². The van der Waals surface area contributed by atoms with E-state index >= 15 is 0 Å². The highest BCUT2D eigenvalue weighted by Gasteiger charge is 2.32. The number of carbonyl (C=O) groups excluding carboxylic acids is 1. The number of ether oxygens (including phenoxy) is 1. The molecular formula is C15H19NO2. The second-order valence-electron chi connectivity index (χ2n) is 4.71. The summed E-state index contributed by atoms with van der Waals surface area (Å²) in [6.45, 7) is 3.81. The van der Waals surface area contributed by atoms with Gasteiger partial charge in [-0.1, -0.05) is 31.2 Å². The van der Waals surface area contributed by atoms with Gasteiger partial charge >= 0.3 is 6.09 Å². The number of benzene rings is 1. The van der Waals surface area contributed by atoms with Crippen molar-refractivity contribution in [1.82, 2.24) is 0 Å². The van der Waals surface area contributed by atoms with Gasteiger partial charge in [-0.05, 0) is 43.9 Å². The highest BCUT2D eigenvalue weighted by molar-refractivity contribution is 5.84. The first-order chi connectivity index (χ1) is 8.74. The third-order valence-electron chi connectivity index (χ3n) is 3.39. The molecule has 0 bridgehead atoms. The van der Waals surface area contributed by atoms with Crippen LogP contribution < -0.4 is 5.32 Å². The average molecular weight is 245 g/mol. The van der Waals surface area contributed by atoms with Gasteiger partial charge in [0.25, 0.3) is 0 Å². The summed E-state index contributed by atoms with van der Waals surface area (Å²) >= 11 is 0. The van der Waals surface area contributed by atoms with E-state index in [1.807, 2.05) is 30.3 Å².